The molecule has 0 bridgehead atoms. The van der Waals surface area contributed by atoms with Crippen LogP contribution < -0.4 is 0 Å². The van der Waals surface area contributed by atoms with E-state index in [0.717, 1.165) is 4.90 Å². The van der Waals surface area contributed by atoms with Crippen molar-refractivity contribution in [2.75, 3.05) is 20.7 Å². The first-order chi connectivity index (χ1) is 9.99. The molecule has 1 aromatic rings. The molecule has 7 heteroatoms. The van der Waals surface area contributed by atoms with Crippen LogP contribution in [0.3, 0.4) is 0 Å². The van der Waals surface area contributed by atoms with E-state index in [4.69, 9.17) is 5.26 Å². The molecule has 108 valence electrons. The first-order valence-corrected chi connectivity index (χ1v) is 6.14. The van der Waals surface area contributed by atoms with Crippen molar-refractivity contribution in [3.8, 4) is 6.07 Å². The van der Waals surface area contributed by atoms with Gasteiger partial charge in [-0.25, -0.2) is 4.79 Å². The molecule has 0 saturated carbocycles. The third-order valence-corrected chi connectivity index (χ3v) is 3.29. The fourth-order valence-corrected chi connectivity index (χ4v) is 2.15. The van der Waals surface area contributed by atoms with Crippen molar-refractivity contribution < 1.29 is 19.1 Å². The molecular weight excluding hydrogens is 274 g/mol. The number of imide groups is 1. The monoisotopic (exact) mass is 287 g/mol. The molecule has 1 saturated heterocycles. The maximum atomic E-state index is 12.3. The maximum absolute atomic E-state index is 12.3. The number of carbonyl (C=O) groups excluding carboxylic acids is 3. The smallest absolute Gasteiger partial charge is 0.328 e. The van der Waals surface area contributed by atoms with Gasteiger partial charge in [-0.3, -0.25) is 14.5 Å². The molecule has 3 amide bonds. The van der Waals surface area contributed by atoms with Gasteiger partial charge in [0, 0.05) is 7.05 Å². The highest BCUT2D eigenvalue weighted by molar-refractivity contribution is 6.06. The Morgan fingerprint density at radius 1 is 1.33 bits per heavy atom. The van der Waals surface area contributed by atoms with Crippen LogP contribution in [0.25, 0.3) is 0 Å². The lowest BCUT2D eigenvalue weighted by Crippen LogP contribution is -2.36. The number of nitriles is 1. The van der Waals surface area contributed by atoms with Crippen LogP contribution >= 0.6 is 0 Å². The van der Waals surface area contributed by atoms with Crippen molar-refractivity contribution in [2.24, 2.45) is 0 Å². The third kappa shape index (κ3) is 2.56. The number of nitrogens with zero attached hydrogens (tertiary/aromatic N) is 3. The SMILES string of the molecule is COC(=O)CN1C(=O)C(c2ccc(C#N)cc2)N(C)C1=O. The van der Waals surface area contributed by atoms with Gasteiger partial charge in [0.05, 0.1) is 18.7 Å². The highest BCUT2D eigenvalue weighted by Crippen LogP contribution is 2.29. The lowest BCUT2D eigenvalue weighted by Gasteiger charge is -2.16. The second kappa shape index (κ2) is 5.63. The first-order valence-electron chi connectivity index (χ1n) is 6.14. The number of likely N-dealkylation sites (N-methyl/N-ethyl adjacent to an activating group) is 1. The summed E-state index contributed by atoms with van der Waals surface area (Å²) in [6, 6.07) is 7.01. The number of rotatable bonds is 3. The highest BCUT2D eigenvalue weighted by Gasteiger charge is 2.44. The van der Waals surface area contributed by atoms with E-state index in [1.807, 2.05) is 6.07 Å². The van der Waals surface area contributed by atoms with Crippen LogP contribution in [0.4, 0.5) is 4.79 Å². The van der Waals surface area contributed by atoms with Crippen LogP contribution in [-0.2, 0) is 14.3 Å². The Balaban J connectivity index is 2.28. The minimum Gasteiger partial charge on any atom is -0.468 e. The molecule has 0 aromatic heterocycles. The van der Waals surface area contributed by atoms with E-state index in [0.29, 0.717) is 11.1 Å². The predicted octanol–water partition coefficient (Wildman–Crippen LogP) is 0.666. The van der Waals surface area contributed by atoms with Crippen molar-refractivity contribution in [2.45, 2.75) is 6.04 Å². The van der Waals surface area contributed by atoms with Gasteiger partial charge in [0.2, 0.25) is 0 Å². The number of ether oxygens (including phenoxy) is 1. The summed E-state index contributed by atoms with van der Waals surface area (Å²) in [5.74, 6) is -1.15. The van der Waals surface area contributed by atoms with Crippen LogP contribution in [0.5, 0.6) is 0 Å². The average molecular weight is 287 g/mol. The molecule has 1 aliphatic heterocycles. The fourth-order valence-electron chi connectivity index (χ4n) is 2.15. The highest BCUT2D eigenvalue weighted by atomic mass is 16.5. The Hall–Kier alpha value is -2.88. The zero-order valence-corrected chi connectivity index (χ0v) is 11.6. The van der Waals surface area contributed by atoms with Crippen LogP contribution in [0, 0.1) is 11.3 Å². The Kier molecular flexibility index (Phi) is 3.89. The summed E-state index contributed by atoms with van der Waals surface area (Å²) in [6.07, 6.45) is 0. The maximum Gasteiger partial charge on any atom is 0.328 e. The molecule has 7 nitrogen and oxygen atoms in total. The molecule has 21 heavy (non-hydrogen) atoms. The molecule has 1 unspecified atom stereocenters. The molecule has 0 aliphatic carbocycles. The standard InChI is InChI=1S/C14H13N3O4/c1-16-12(10-5-3-9(7-15)4-6-10)13(19)17(14(16)20)8-11(18)21-2/h3-6,12H,8H2,1-2H3. The van der Waals surface area contributed by atoms with Crippen molar-refractivity contribution in [1.29, 1.82) is 5.26 Å². The average Bonchev–Trinajstić information content (AvgIpc) is 2.71. The molecule has 0 radical (unpaired) electrons. The van der Waals surface area contributed by atoms with Crippen molar-refractivity contribution in [1.82, 2.24) is 9.80 Å². The van der Waals surface area contributed by atoms with Crippen molar-refractivity contribution in [3.05, 3.63) is 35.4 Å². The molecule has 1 atom stereocenters. The van der Waals surface area contributed by atoms with Gasteiger partial charge in [0.25, 0.3) is 5.91 Å². The molecule has 2 rings (SSSR count). The van der Waals surface area contributed by atoms with E-state index in [2.05, 4.69) is 4.74 Å². The number of esters is 1. The van der Waals surface area contributed by atoms with Crippen LogP contribution in [0.1, 0.15) is 17.2 Å². The van der Waals surface area contributed by atoms with Gasteiger partial charge in [-0.05, 0) is 17.7 Å². The van der Waals surface area contributed by atoms with Crippen LogP contribution in [-0.4, -0.2) is 48.4 Å². The van der Waals surface area contributed by atoms with E-state index in [1.165, 1.54) is 19.1 Å². The Labute approximate surface area is 121 Å². The van der Waals surface area contributed by atoms with E-state index >= 15 is 0 Å². The van der Waals surface area contributed by atoms with Crippen molar-refractivity contribution in [3.63, 3.8) is 0 Å². The summed E-state index contributed by atoms with van der Waals surface area (Å²) in [6.45, 7) is -0.411. The number of urea groups is 1. The number of amides is 3. The first kappa shape index (κ1) is 14.5. The Morgan fingerprint density at radius 3 is 2.48 bits per heavy atom. The second-order valence-corrected chi connectivity index (χ2v) is 4.53. The summed E-state index contributed by atoms with van der Waals surface area (Å²) in [7, 11) is 2.68. The van der Waals surface area contributed by atoms with Gasteiger partial charge in [-0.15, -0.1) is 0 Å². The second-order valence-electron chi connectivity index (χ2n) is 4.53. The summed E-state index contributed by atoms with van der Waals surface area (Å²) in [4.78, 5) is 37.7. The van der Waals surface area contributed by atoms with Crippen LogP contribution in [0.15, 0.2) is 24.3 Å². The number of methoxy groups -OCH3 is 1. The van der Waals surface area contributed by atoms with Crippen LogP contribution in [0.2, 0.25) is 0 Å². The molecule has 0 spiro atoms. The van der Waals surface area contributed by atoms with E-state index in [9.17, 15) is 14.4 Å². The minimum atomic E-state index is -0.796. The molecule has 1 aliphatic rings. The number of hydrogen-bond donors (Lipinski definition) is 0. The number of benzene rings is 1. The Morgan fingerprint density at radius 2 is 1.95 bits per heavy atom. The summed E-state index contributed by atoms with van der Waals surface area (Å²) >= 11 is 0. The molecule has 0 N–H and O–H groups in total. The largest absolute Gasteiger partial charge is 0.468 e. The molecular formula is C14H13N3O4. The van der Waals surface area contributed by atoms with Gasteiger partial charge < -0.3 is 9.64 Å². The quantitative estimate of drug-likeness (QED) is 0.602. The zero-order chi connectivity index (χ0) is 15.6. The summed E-state index contributed by atoms with van der Waals surface area (Å²) < 4.78 is 4.48. The summed E-state index contributed by atoms with van der Waals surface area (Å²) in [5.41, 5.74) is 1.05. The lowest BCUT2D eigenvalue weighted by atomic mass is 10.0. The van der Waals surface area contributed by atoms with Gasteiger partial charge in [-0.2, -0.15) is 5.26 Å². The molecule has 1 fully saturated rings. The van der Waals surface area contributed by atoms with Gasteiger partial charge in [-0.1, -0.05) is 12.1 Å². The number of carbonyl (C=O) groups is 3. The van der Waals surface area contributed by atoms with E-state index in [1.54, 1.807) is 24.3 Å². The van der Waals surface area contributed by atoms with E-state index in [-0.39, 0.29) is 0 Å². The minimum absolute atomic E-state index is 0.411. The summed E-state index contributed by atoms with van der Waals surface area (Å²) in [5, 5.41) is 8.77. The fraction of sp³-hybridized carbons (Fsp3) is 0.286. The predicted molar refractivity (Wildman–Crippen MR) is 70.8 cm³/mol. The topological polar surface area (TPSA) is 90.7 Å². The Bertz CT molecular complexity index is 633. The zero-order valence-electron chi connectivity index (χ0n) is 11.6. The lowest BCUT2D eigenvalue weighted by molar-refractivity contribution is -0.144. The normalized spacial score (nSPS) is 17.9. The molecule has 1 heterocycles. The van der Waals surface area contributed by atoms with Gasteiger partial charge in [0.1, 0.15) is 12.6 Å². The van der Waals surface area contributed by atoms with Gasteiger partial charge >= 0.3 is 12.0 Å². The van der Waals surface area contributed by atoms with Gasteiger partial charge in [0.15, 0.2) is 0 Å². The molecule has 1 aromatic carbocycles. The third-order valence-electron chi connectivity index (χ3n) is 3.29. The van der Waals surface area contributed by atoms with Crippen molar-refractivity contribution >= 4 is 17.9 Å². The van der Waals surface area contributed by atoms with E-state index < -0.39 is 30.5 Å². The number of hydrogen-bond acceptors (Lipinski definition) is 5.